The fraction of sp³-hybridized carbons (Fsp3) is 0.167. The van der Waals surface area contributed by atoms with E-state index in [0.717, 1.165) is 34.8 Å². The first-order valence-corrected chi connectivity index (χ1v) is 7.91. The molecule has 120 valence electrons. The molecule has 6 nitrogen and oxygen atoms in total. The van der Waals surface area contributed by atoms with Crippen molar-refractivity contribution >= 4 is 28.6 Å². The van der Waals surface area contributed by atoms with Crippen molar-refractivity contribution in [2.75, 3.05) is 0 Å². The van der Waals surface area contributed by atoms with Gasteiger partial charge in [-0.25, -0.2) is 10.8 Å². The quantitative estimate of drug-likeness (QED) is 0.587. The van der Waals surface area contributed by atoms with Gasteiger partial charge in [0.2, 0.25) is 0 Å². The maximum atomic E-state index is 5.62. The summed E-state index contributed by atoms with van der Waals surface area (Å²) in [6, 6.07) is 18.0. The number of nitrogens with two attached hydrogens (primary N) is 1. The van der Waals surface area contributed by atoms with Crippen LogP contribution >= 0.6 is 0 Å². The Morgan fingerprint density at radius 3 is 2.42 bits per heavy atom. The molecule has 2 aromatic rings. The van der Waals surface area contributed by atoms with Crippen LogP contribution in [0, 0.1) is 0 Å². The van der Waals surface area contributed by atoms with Crippen LogP contribution in [0.5, 0.6) is 0 Å². The van der Waals surface area contributed by atoms with Crippen LogP contribution < -0.4 is 16.7 Å². The number of rotatable bonds is 2. The molecule has 2 heterocycles. The molecule has 2 aliphatic heterocycles. The maximum absolute atomic E-state index is 5.62. The molecule has 0 amide bonds. The van der Waals surface area contributed by atoms with Gasteiger partial charge >= 0.3 is 0 Å². The van der Waals surface area contributed by atoms with Crippen LogP contribution in [0.4, 0.5) is 11.4 Å². The number of aliphatic imine (C=N–C) groups is 2. The molecular weight excluding hydrogens is 300 g/mol. The van der Waals surface area contributed by atoms with E-state index in [2.05, 4.69) is 33.1 Å². The monoisotopic (exact) mass is 318 g/mol. The second-order valence-electron chi connectivity index (χ2n) is 5.78. The van der Waals surface area contributed by atoms with Gasteiger partial charge in [-0.15, -0.1) is 0 Å². The number of nitrogens with zero attached hydrogens (tertiary/aromatic N) is 3. The molecule has 4 N–H and O–H groups in total. The molecule has 2 aromatic carbocycles. The summed E-state index contributed by atoms with van der Waals surface area (Å²) in [6.07, 6.45) is 1.36. The molecule has 4 rings (SSSR count). The number of hydrazone groups is 1. The third-order valence-electron chi connectivity index (χ3n) is 4.18. The van der Waals surface area contributed by atoms with E-state index in [1.807, 2.05) is 42.5 Å². The van der Waals surface area contributed by atoms with Gasteiger partial charge in [0, 0.05) is 12.8 Å². The number of hydrogen-bond donors (Lipinski definition) is 3. The average Bonchev–Trinajstić information content (AvgIpc) is 3.04. The number of hydrazine groups is 1. The zero-order chi connectivity index (χ0) is 16.4. The summed E-state index contributed by atoms with van der Waals surface area (Å²) in [4.78, 5) is 9.38. The highest BCUT2D eigenvalue weighted by Gasteiger charge is 2.26. The Labute approximate surface area is 140 Å². The third-order valence-corrected chi connectivity index (χ3v) is 4.18. The highest BCUT2D eigenvalue weighted by atomic mass is 15.3. The zero-order valence-electron chi connectivity index (χ0n) is 13.1. The van der Waals surface area contributed by atoms with Gasteiger partial charge in [0.15, 0.2) is 0 Å². The largest absolute Gasteiger partial charge is 0.312 e. The van der Waals surface area contributed by atoms with Crippen molar-refractivity contribution in [3.8, 4) is 0 Å². The van der Waals surface area contributed by atoms with Crippen molar-refractivity contribution in [2.45, 2.75) is 18.9 Å². The Balaban J connectivity index is 1.61. The van der Waals surface area contributed by atoms with Gasteiger partial charge in [-0.3, -0.25) is 4.99 Å². The summed E-state index contributed by atoms with van der Waals surface area (Å²) in [7, 11) is 0. The van der Waals surface area contributed by atoms with E-state index in [1.165, 1.54) is 0 Å². The lowest BCUT2D eigenvalue weighted by atomic mass is 9.99. The minimum Gasteiger partial charge on any atom is -0.312 e. The predicted octanol–water partition coefficient (Wildman–Crippen LogP) is 2.42. The van der Waals surface area contributed by atoms with E-state index in [9.17, 15) is 0 Å². The first kappa shape index (κ1) is 14.6. The zero-order valence-corrected chi connectivity index (χ0v) is 13.1. The van der Waals surface area contributed by atoms with Crippen LogP contribution in [0.25, 0.3) is 0 Å². The molecule has 6 heteroatoms. The summed E-state index contributed by atoms with van der Waals surface area (Å²) < 4.78 is 0. The lowest BCUT2D eigenvalue weighted by molar-refractivity contribution is 0.716. The lowest BCUT2D eigenvalue weighted by Gasteiger charge is -2.13. The van der Waals surface area contributed by atoms with Crippen LogP contribution in [0.1, 0.15) is 18.4 Å². The Hall–Kier alpha value is -2.99. The van der Waals surface area contributed by atoms with E-state index in [-0.39, 0.29) is 6.04 Å². The van der Waals surface area contributed by atoms with Crippen molar-refractivity contribution < 1.29 is 0 Å². The molecule has 0 spiro atoms. The molecule has 1 unspecified atom stereocenters. The van der Waals surface area contributed by atoms with Gasteiger partial charge in [0.1, 0.15) is 5.84 Å². The molecule has 0 aliphatic carbocycles. The van der Waals surface area contributed by atoms with Crippen molar-refractivity contribution in [2.24, 2.45) is 20.9 Å². The number of nitrogens with one attached hydrogen (secondary N) is 2. The standard InChI is InChI=1S/C18H18N6/c19-22-18-11-16(20-13-8-4-5-9-14(13)21-18)17-10-15(23-24-17)12-6-2-1-3-7-12/h1-9,17,24H,10-11,19H2,(H,21,22). The number of amidine groups is 1. The van der Waals surface area contributed by atoms with E-state index in [4.69, 9.17) is 10.8 Å². The SMILES string of the molecule is NNC1=Nc2ccccc2N=C(C2CC(c3ccccc3)=NN2)C1. The highest BCUT2D eigenvalue weighted by Crippen LogP contribution is 2.31. The third kappa shape index (κ3) is 2.79. The fourth-order valence-electron chi connectivity index (χ4n) is 2.93. The fourth-order valence-corrected chi connectivity index (χ4v) is 2.93. The number of para-hydroxylation sites is 2. The highest BCUT2D eigenvalue weighted by molar-refractivity contribution is 6.12. The van der Waals surface area contributed by atoms with Crippen LogP contribution in [-0.2, 0) is 0 Å². The van der Waals surface area contributed by atoms with Gasteiger partial charge in [0.25, 0.3) is 0 Å². The second-order valence-corrected chi connectivity index (χ2v) is 5.78. The van der Waals surface area contributed by atoms with Crippen molar-refractivity contribution in [1.82, 2.24) is 10.9 Å². The first-order chi connectivity index (χ1) is 11.8. The molecule has 24 heavy (non-hydrogen) atoms. The molecule has 0 radical (unpaired) electrons. The predicted molar refractivity (Wildman–Crippen MR) is 97.1 cm³/mol. The summed E-state index contributed by atoms with van der Waals surface area (Å²) in [5.74, 6) is 6.33. The van der Waals surface area contributed by atoms with Gasteiger partial charge in [0.05, 0.1) is 28.8 Å². The van der Waals surface area contributed by atoms with Gasteiger partial charge < -0.3 is 10.9 Å². The normalized spacial score (nSPS) is 19.4. The summed E-state index contributed by atoms with van der Waals surface area (Å²) in [5.41, 5.74) is 10.7. The van der Waals surface area contributed by atoms with Crippen LogP contribution in [-0.4, -0.2) is 23.3 Å². The summed E-state index contributed by atoms with van der Waals surface area (Å²) >= 11 is 0. The lowest BCUT2D eigenvalue weighted by Crippen LogP contribution is -2.37. The van der Waals surface area contributed by atoms with Crippen molar-refractivity contribution in [3.05, 3.63) is 60.2 Å². The van der Waals surface area contributed by atoms with Gasteiger partial charge in [-0.1, -0.05) is 42.5 Å². The van der Waals surface area contributed by atoms with Crippen molar-refractivity contribution in [1.29, 1.82) is 0 Å². The Kier molecular flexibility index (Phi) is 3.80. The molecular formula is C18H18N6. The van der Waals surface area contributed by atoms with Crippen LogP contribution in [0.3, 0.4) is 0 Å². The van der Waals surface area contributed by atoms with E-state index in [0.29, 0.717) is 12.3 Å². The maximum Gasteiger partial charge on any atom is 0.122 e. The molecule has 0 fully saturated rings. The molecule has 0 saturated carbocycles. The van der Waals surface area contributed by atoms with E-state index < -0.39 is 0 Å². The summed E-state index contributed by atoms with van der Waals surface area (Å²) in [6.45, 7) is 0. The Morgan fingerprint density at radius 1 is 0.958 bits per heavy atom. The molecule has 0 bridgehead atoms. The van der Waals surface area contributed by atoms with Crippen LogP contribution in [0.15, 0.2) is 69.7 Å². The van der Waals surface area contributed by atoms with E-state index >= 15 is 0 Å². The molecule has 0 aromatic heterocycles. The topological polar surface area (TPSA) is 87.2 Å². The summed E-state index contributed by atoms with van der Waals surface area (Å²) in [5, 5.41) is 4.49. The van der Waals surface area contributed by atoms with E-state index in [1.54, 1.807) is 0 Å². The average molecular weight is 318 g/mol. The second kappa shape index (κ2) is 6.25. The minimum absolute atomic E-state index is 0.0462. The van der Waals surface area contributed by atoms with Crippen LogP contribution in [0.2, 0.25) is 0 Å². The smallest absolute Gasteiger partial charge is 0.122 e. The Bertz CT molecular complexity index is 838. The van der Waals surface area contributed by atoms with Gasteiger partial charge in [-0.05, 0) is 17.7 Å². The number of hydrogen-bond acceptors (Lipinski definition) is 6. The van der Waals surface area contributed by atoms with Crippen molar-refractivity contribution in [3.63, 3.8) is 0 Å². The molecule has 0 saturated heterocycles. The molecule has 2 aliphatic rings. The number of benzene rings is 2. The first-order valence-electron chi connectivity index (χ1n) is 7.91. The Morgan fingerprint density at radius 2 is 1.67 bits per heavy atom. The minimum atomic E-state index is 0.0462. The van der Waals surface area contributed by atoms with Gasteiger partial charge in [-0.2, -0.15) is 5.10 Å². The number of fused-ring (bicyclic) bond motifs is 1. The molecule has 1 atom stereocenters.